The zero-order valence-electron chi connectivity index (χ0n) is 16.0. The maximum Gasteiger partial charge on any atom is 0.331 e. The second-order valence-corrected chi connectivity index (χ2v) is 9.62. The first-order chi connectivity index (χ1) is 12.3. The zero-order chi connectivity index (χ0) is 18.5. The summed E-state index contributed by atoms with van der Waals surface area (Å²) in [7, 11) is 0. The first-order valence-corrected chi connectivity index (χ1v) is 10.1. The number of piperidine rings is 3. The molecule has 142 valence electrons. The van der Waals surface area contributed by atoms with E-state index in [4.69, 9.17) is 16.3 Å². The third-order valence-corrected chi connectivity index (χ3v) is 6.78. The molecule has 2 bridgehead atoms. The number of esters is 1. The van der Waals surface area contributed by atoms with Crippen molar-refractivity contribution in [3.05, 3.63) is 34.9 Å². The second-order valence-electron chi connectivity index (χ2n) is 9.18. The van der Waals surface area contributed by atoms with E-state index in [9.17, 15) is 4.79 Å². The van der Waals surface area contributed by atoms with Gasteiger partial charge in [0.1, 0.15) is 11.6 Å². The molecule has 0 radical (unpaired) electrons. The Bertz CT molecular complexity index is 674. The molecule has 1 aromatic carbocycles. The fraction of sp³-hybridized carbons (Fsp3) is 0.667. The van der Waals surface area contributed by atoms with Crippen molar-refractivity contribution >= 4 is 17.6 Å². The second kappa shape index (κ2) is 6.50. The van der Waals surface area contributed by atoms with Crippen LogP contribution in [-0.4, -0.2) is 54.6 Å². The SMILES string of the molecule is CC1(C)CN(C(C)(C(=O)O[C@H]2CN3CCC2CC3)c2ccc(Cl)cc2)C1. The molecule has 0 amide bonds. The average molecular weight is 377 g/mol. The first kappa shape index (κ1) is 18.3. The molecule has 0 saturated carbocycles. The minimum atomic E-state index is -0.758. The summed E-state index contributed by atoms with van der Waals surface area (Å²) in [6, 6.07) is 7.65. The van der Waals surface area contributed by atoms with Gasteiger partial charge >= 0.3 is 5.97 Å². The summed E-state index contributed by atoms with van der Waals surface area (Å²) in [5, 5.41) is 0.686. The van der Waals surface area contributed by atoms with Crippen LogP contribution in [-0.2, 0) is 15.1 Å². The van der Waals surface area contributed by atoms with Gasteiger partial charge in [0.05, 0.1) is 0 Å². The van der Waals surface area contributed by atoms with Crippen LogP contribution in [0.15, 0.2) is 24.3 Å². The van der Waals surface area contributed by atoms with Gasteiger partial charge < -0.3 is 4.74 Å². The van der Waals surface area contributed by atoms with Crippen molar-refractivity contribution in [3.8, 4) is 0 Å². The van der Waals surface area contributed by atoms with E-state index in [0.29, 0.717) is 10.9 Å². The molecule has 0 aliphatic carbocycles. The molecular formula is C21H29ClN2O2. The summed E-state index contributed by atoms with van der Waals surface area (Å²) in [6.07, 6.45) is 2.32. The number of hydrogen-bond donors (Lipinski definition) is 0. The summed E-state index contributed by atoms with van der Waals surface area (Å²) in [5.41, 5.74) is 0.444. The predicted octanol–water partition coefficient (Wildman–Crippen LogP) is 3.53. The van der Waals surface area contributed by atoms with Crippen molar-refractivity contribution in [2.45, 2.75) is 45.3 Å². The molecule has 4 heterocycles. The smallest absolute Gasteiger partial charge is 0.331 e. The molecule has 4 aliphatic heterocycles. The van der Waals surface area contributed by atoms with E-state index in [1.165, 1.54) is 0 Å². The summed E-state index contributed by atoms with van der Waals surface area (Å²) in [5.74, 6) is 0.403. The molecule has 5 heteroatoms. The van der Waals surface area contributed by atoms with Crippen LogP contribution in [0.25, 0.3) is 0 Å². The molecule has 0 N–H and O–H groups in total. The Kier molecular flexibility index (Phi) is 4.57. The van der Waals surface area contributed by atoms with Gasteiger partial charge in [0.15, 0.2) is 0 Å². The Hall–Kier alpha value is -1.10. The van der Waals surface area contributed by atoms with Gasteiger partial charge in [0.25, 0.3) is 0 Å². The van der Waals surface area contributed by atoms with Crippen molar-refractivity contribution in [1.29, 1.82) is 0 Å². The Morgan fingerprint density at radius 1 is 1.19 bits per heavy atom. The van der Waals surface area contributed by atoms with E-state index in [-0.39, 0.29) is 17.5 Å². The van der Waals surface area contributed by atoms with Gasteiger partial charge in [-0.3, -0.25) is 9.80 Å². The average Bonchev–Trinajstić information content (AvgIpc) is 2.60. The molecule has 4 aliphatic rings. The summed E-state index contributed by atoms with van der Waals surface area (Å²) >= 11 is 6.08. The molecule has 26 heavy (non-hydrogen) atoms. The quantitative estimate of drug-likeness (QED) is 0.752. The van der Waals surface area contributed by atoms with Crippen LogP contribution in [0.3, 0.4) is 0 Å². The van der Waals surface area contributed by atoms with Crippen LogP contribution in [0.1, 0.15) is 39.2 Å². The maximum atomic E-state index is 13.4. The van der Waals surface area contributed by atoms with E-state index in [0.717, 1.165) is 51.1 Å². The molecule has 0 spiro atoms. The summed E-state index contributed by atoms with van der Waals surface area (Å²) in [6.45, 7) is 11.5. The Morgan fingerprint density at radius 2 is 1.81 bits per heavy atom. The summed E-state index contributed by atoms with van der Waals surface area (Å²) < 4.78 is 6.14. The lowest BCUT2D eigenvalue weighted by Gasteiger charge is -2.54. The molecule has 2 atom stereocenters. The third-order valence-electron chi connectivity index (χ3n) is 6.53. The molecule has 4 saturated heterocycles. The van der Waals surface area contributed by atoms with Crippen LogP contribution in [0.5, 0.6) is 0 Å². The number of fused-ring (bicyclic) bond motifs is 3. The molecule has 1 aromatic rings. The topological polar surface area (TPSA) is 32.8 Å². The number of halogens is 1. The number of benzene rings is 1. The molecular weight excluding hydrogens is 348 g/mol. The highest BCUT2D eigenvalue weighted by Gasteiger charge is 2.52. The Morgan fingerprint density at radius 3 is 2.31 bits per heavy atom. The van der Waals surface area contributed by atoms with Gasteiger partial charge in [-0.15, -0.1) is 0 Å². The molecule has 1 unspecified atom stereocenters. The normalized spacial score (nSPS) is 32.5. The fourth-order valence-corrected chi connectivity index (χ4v) is 4.93. The zero-order valence-corrected chi connectivity index (χ0v) is 16.8. The minimum absolute atomic E-state index is 0.0333. The number of rotatable bonds is 4. The van der Waals surface area contributed by atoms with Crippen LogP contribution < -0.4 is 0 Å². The lowest BCUT2D eigenvalue weighted by Crippen LogP contribution is -2.64. The lowest BCUT2D eigenvalue weighted by atomic mass is 9.77. The van der Waals surface area contributed by atoms with Gasteiger partial charge in [-0.2, -0.15) is 0 Å². The number of carbonyl (C=O) groups is 1. The van der Waals surface area contributed by atoms with Gasteiger partial charge in [0, 0.05) is 24.7 Å². The van der Waals surface area contributed by atoms with Crippen molar-refractivity contribution in [2.24, 2.45) is 11.3 Å². The summed E-state index contributed by atoms with van der Waals surface area (Å²) in [4.78, 5) is 18.1. The van der Waals surface area contributed by atoms with Crippen molar-refractivity contribution < 1.29 is 9.53 Å². The highest BCUT2D eigenvalue weighted by molar-refractivity contribution is 6.30. The highest BCUT2D eigenvalue weighted by Crippen LogP contribution is 2.42. The van der Waals surface area contributed by atoms with E-state index < -0.39 is 5.54 Å². The molecule has 4 nitrogen and oxygen atoms in total. The van der Waals surface area contributed by atoms with Crippen molar-refractivity contribution in [3.63, 3.8) is 0 Å². The number of ether oxygens (including phenoxy) is 1. The maximum absolute atomic E-state index is 13.4. The van der Waals surface area contributed by atoms with Gasteiger partial charge in [-0.25, -0.2) is 4.79 Å². The van der Waals surface area contributed by atoms with Crippen LogP contribution in [0.2, 0.25) is 5.02 Å². The molecule has 4 fully saturated rings. The van der Waals surface area contributed by atoms with Crippen molar-refractivity contribution in [1.82, 2.24) is 9.80 Å². The van der Waals surface area contributed by atoms with E-state index in [2.05, 4.69) is 23.6 Å². The standard InChI is InChI=1S/C21H29ClN2O2/c1-20(2)13-24(14-20)21(3,16-4-6-17(22)7-5-16)19(25)26-18-12-23-10-8-15(18)9-11-23/h4-7,15,18H,8-14H2,1-3H3/t18-,21?/m0/s1. The Balaban J connectivity index is 1.58. The van der Waals surface area contributed by atoms with E-state index in [1.54, 1.807) is 0 Å². The molecule has 0 aromatic heterocycles. The van der Waals surface area contributed by atoms with Crippen molar-refractivity contribution in [2.75, 3.05) is 32.7 Å². The monoisotopic (exact) mass is 376 g/mol. The predicted molar refractivity (Wildman–Crippen MR) is 103 cm³/mol. The Labute approximate surface area is 161 Å². The van der Waals surface area contributed by atoms with Crippen LogP contribution >= 0.6 is 11.6 Å². The third kappa shape index (κ3) is 3.17. The van der Waals surface area contributed by atoms with Gasteiger partial charge in [-0.1, -0.05) is 37.6 Å². The largest absolute Gasteiger partial charge is 0.459 e. The number of nitrogens with zero attached hydrogens (tertiary/aromatic N) is 2. The van der Waals surface area contributed by atoms with Crippen LogP contribution in [0.4, 0.5) is 0 Å². The number of carbonyl (C=O) groups excluding carboxylic acids is 1. The number of hydrogen-bond acceptors (Lipinski definition) is 4. The van der Waals surface area contributed by atoms with E-state index in [1.807, 2.05) is 31.2 Å². The van der Waals surface area contributed by atoms with Gasteiger partial charge in [-0.05, 0) is 61.9 Å². The lowest BCUT2D eigenvalue weighted by molar-refractivity contribution is -0.181. The number of likely N-dealkylation sites (tertiary alicyclic amines) is 1. The minimum Gasteiger partial charge on any atom is -0.459 e. The fourth-order valence-electron chi connectivity index (χ4n) is 4.80. The molecule has 5 rings (SSSR count). The first-order valence-electron chi connectivity index (χ1n) is 9.72. The highest BCUT2D eigenvalue weighted by atomic mass is 35.5. The van der Waals surface area contributed by atoms with E-state index >= 15 is 0 Å². The van der Waals surface area contributed by atoms with Gasteiger partial charge in [0.2, 0.25) is 0 Å². The van der Waals surface area contributed by atoms with Crippen LogP contribution in [0, 0.1) is 11.3 Å².